The highest BCUT2D eigenvalue weighted by molar-refractivity contribution is 9.10. The number of oxime groups is 1. The monoisotopic (exact) mass is 315 g/mol. The topological polar surface area (TPSA) is 71.1 Å². The maximum absolute atomic E-state index is 8.83. The van der Waals surface area contributed by atoms with Gasteiger partial charge in [0.2, 0.25) is 0 Å². The van der Waals surface area contributed by atoms with Gasteiger partial charge >= 0.3 is 0 Å². The maximum Gasteiger partial charge on any atom is 0.173 e. The zero-order valence-electron chi connectivity index (χ0n) is 10.6. The van der Waals surface area contributed by atoms with Gasteiger partial charge in [0.25, 0.3) is 0 Å². The van der Waals surface area contributed by atoms with E-state index in [9.17, 15) is 0 Å². The van der Waals surface area contributed by atoms with E-state index in [1.165, 1.54) is 0 Å². The molecule has 6 heteroatoms. The molecule has 1 aromatic carbocycles. The van der Waals surface area contributed by atoms with E-state index in [4.69, 9.17) is 15.7 Å². The lowest BCUT2D eigenvalue weighted by Gasteiger charge is -2.22. The molecule has 5 nitrogen and oxygen atoms in total. The van der Waals surface area contributed by atoms with Gasteiger partial charge in [0, 0.05) is 30.4 Å². The van der Waals surface area contributed by atoms with E-state index in [2.05, 4.69) is 21.1 Å². The normalized spacial score (nSPS) is 11.6. The minimum absolute atomic E-state index is 0.0840. The third-order valence-corrected chi connectivity index (χ3v) is 3.20. The fraction of sp³-hybridized carbons (Fsp3) is 0.417. The van der Waals surface area contributed by atoms with Gasteiger partial charge < -0.3 is 20.6 Å². The zero-order chi connectivity index (χ0) is 13.5. The van der Waals surface area contributed by atoms with Crippen LogP contribution in [0, 0.1) is 0 Å². The average Bonchev–Trinajstić information content (AvgIpc) is 2.37. The van der Waals surface area contributed by atoms with Crippen LogP contribution in [0.4, 0.5) is 5.69 Å². The van der Waals surface area contributed by atoms with Gasteiger partial charge in [-0.2, -0.15) is 0 Å². The van der Waals surface area contributed by atoms with E-state index in [1.807, 2.05) is 37.1 Å². The van der Waals surface area contributed by atoms with Gasteiger partial charge in [-0.15, -0.1) is 0 Å². The first-order valence-electron chi connectivity index (χ1n) is 5.67. The second-order valence-corrected chi connectivity index (χ2v) is 4.59. The number of likely N-dealkylation sites (N-methyl/N-ethyl adjacent to an activating group) is 1. The quantitative estimate of drug-likeness (QED) is 0.277. The first-order valence-corrected chi connectivity index (χ1v) is 6.46. The summed E-state index contributed by atoms with van der Waals surface area (Å²) in [5.74, 6) is 0.0840. The number of benzene rings is 1. The molecule has 0 saturated carbocycles. The number of hydrogen-bond acceptors (Lipinski definition) is 4. The number of nitrogens with two attached hydrogens (primary N) is 1. The first kappa shape index (κ1) is 14.8. The van der Waals surface area contributed by atoms with Crippen molar-refractivity contribution in [1.82, 2.24) is 0 Å². The standard InChI is InChI=1S/C12H18BrN3O2/c1-3-18-8-7-16(2)10-6-4-5-9(13)11(10)12(14)15-17/h4-6,17H,3,7-8H2,1-2H3,(H2,14,15). The summed E-state index contributed by atoms with van der Waals surface area (Å²) < 4.78 is 6.11. The van der Waals surface area contributed by atoms with E-state index in [0.717, 1.165) is 16.7 Å². The van der Waals surface area contributed by atoms with Crippen LogP contribution in [0.15, 0.2) is 27.8 Å². The molecule has 0 fully saturated rings. The summed E-state index contributed by atoms with van der Waals surface area (Å²) in [6, 6.07) is 5.68. The van der Waals surface area contributed by atoms with Crippen molar-refractivity contribution in [3.63, 3.8) is 0 Å². The molecule has 0 amide bonds. The summed E-state index contributed by atoms with van der Waals surface area (Å²) in [6.07, 6.45) is 0. The molecule has 1 rings (SSSR count). The number of rotatable bonds is 6. The molecule has 1 aromatic rings. The van der Waals surface area contributed by atoms with E-state index in [-0.39, 0.29) is 5.84 Å². The molecule has 0 atom stereocenters. The van der Waals surface area contributed by atoms with Crippen molar-refractivity contribution in [1.29, 1.82) is 0 Å². The molecule has 0 radical (unpaired) electrons. The number of anilines is 1. The molecule has 0 saturated heterocycles. The lowest BCUT2D eigenvalue weighted by molar-refractivity contribution is 0.154. The highest BCUT2D eigenvalue weighted by Gasteiger charge is 2.14. The summed E-state index contributed by atoms with van der Waals surface area (Å²) in [6.45, 7) is 4.02. The number of hydrogen-bond donors (Lipinski definition) is 2. The fourth-order valence-electron chi connectivity index (χ4n) is 1.60. The number of ether oxygens (including phenoxy) is 1. The minimum Gasteiger partial charge on any atom is -0.409 e. The van der Waals surface area contributed by atoms with Crippen LogP contribution in [0.25, 0.3) is 0 Å². The molecule has 3 N–H and O–H groups in total. The predicted molar refractivity (Wildman–Crippen MR) is 76.4 cm³/mol. The molecule has 0 aliphatic heterocycles. The van der Waals surface area contributed by atoms with E-state index in [1.54, 1.807) is 0 Å². The summed E-state index contributed by atoms with van der Waals surface area (Å²) >= 11 is 3.41. The Morgan fingerprint density at radius 1 is 1.56 bits per heavy atom. The van der Waals surface area contributed by atoms with E-state index in [0.29, 0.717) is 18.8 Å². The molecule has 100 valence electrons. The van der Waals surface area contributed by atoms with Gasteiger partial charge in [0.1, 0.15) is 0 Å². The Morgan fingerprint density at radius 2 is 2.28 bits per heavy atom. The van der Waals surface area contributed by atoms with E-state index < -0.39 is 0 Å². The van der Waals surface area contributed by atoms with Gasteiger partial charge in [0.05, 0.1) is 12.2 Å². The van der Waals surface area contributed by atoms with E-state index >= 15 is 0 Å². The molecule has 0 aliphatic rings. The maximum atomic E-state index is 8.83. The van der Waals surface area contributed by atoms with Crippen molar-refractivity contribution in [3.05, 3.63) is 28.2 Å². The van der Waals surface area contributed by atoms with Crippen LogP contribution in [0.1, 0.15) is 12.5 Å². The van der Waals surface area contributed by atoms with Crippen LogP contribution >= 0.6 is 15.9 Å². The van der Waals surface area contributed by atoms with Crippen molar-refractivity contribution in [2.45, 2.75) is 6.92 Å². The Morgan fingerprint density at radius 3 is 2.89 bits per heavy atom. The third kappa shape index (κ3) is 3.61. The highest BCUT2D eigenvalue weighted by Crippen LogP contribution is 2.26. The smallest absolute Gasteiger partial charge is 0.173 e. The third-order valence-electron chi connectivity index (χ3n) is 2.54. The number of nitrogens with zero attached hydrogens (tertiary/aromatic N) is 2. The molecule has 18 heavy (non-hydrogen) atoms. The molecule has 0 aromatic heterocycles. The van der Waals surface area contributed by atoms with Crippen molar-refractivity contribution in [2.24, 2.45) is 10.9 Å². The van der Waals surface area contributed by atoms with Crippen molar-refractivity contribution < 1.29 is 9.94 Å². The van der Waals surface area contributed by atoms with Crippen LogP contribution in [0.5, 0.6) is 0 Å². The Labute approximate surface area is 115 Å². The van der Waals surface area contributed by atoms with Crippen LogP contribution < -0.4 is 10.6 Å². The summed E-state index contributed by atoms with van der Waals surface area (Å²) in [4.78, 5) is 2.01. The first-order chi connectivity index (χ1) is 8.61. The van der Waals surface area contributed by atoms with Crippen molar-refractivity contribution in [2.75, 3.05) is 31.7 Å². The molecule has 0 spiro atoms. The van der Waals surface area contributed by atoms with Crippen LogP contribution in [-0.2, 0) is 4.74 Å². The predicted octanol–water partition coefficient (Wildman–Crippen LogP) is 2.02. The SMILES string of the molecule is CCOCCN(C)c1cccc(Br)c1/C(N)=N/O. The molecular weight excluding hydrogens is 298 g/mol. The van der Waals surface area contributed by atoms with Gasteiger partial charge in [0.15, 0.2) is 5.84 Å². The van der Waals surface area contributed by atoms with Gasteiger partial charge in [-0.3, -0.25) is 0 Å². The minimum atomic E-state index is 0.0840. The van der Waals surface area contributed by atoms with Crippen molar-refractivity contribution in [3.8, 4) is 0 Å². The summed E-state index contributed by atoms with van der Waals surface area (Å²) in [5.41, 5.74) is 7.27. The van der Waals surface area contributed by atoms with Gasteiger partial charge in [-0.25, -0.2) is 0 Å². The van der Waals surface area contributed by atoms with Crippen LogP contribution in [0.3, 0.4) is 0 Å². The average molecular weight is 316 g/mol. The Bertz CT molecular complexity index is 424. The Kier molecular flexibility index (Phi) is 5.94. The molecule has 0 aliphatic carbocycles. The Balaban J connectivity index is 2.97. The van der Waals surface area contributed by atoms with Gasteiger partial charge in [-0.05, 0) is 35.0 Å². The molecule has 0 unspecified atom stereocenters. The number of amidine groups is 1. The summed E-state index contributed by atoms with van der Waals surface area (Å²) in [5, 5.41) is 11.9. The highest BCUT2D eigenvalue weighted by atomic mass is 79.9. The zero-order valence-corrected chi connectivity index (χ0v) is 12.1. The number of halogens is 1. The lowest BCUT2D eigenvalue weighted by atomic mass is 10.1. The molecule has 0 heterocycles. The van der Waals surface area contributed by atoms with Crippen molar-refractivity contribution >= 4 is 27.5 Å². The molecular formula is C12H18BrN3O2. The fourth-order valence-corrected chi connectivity index (χ4v) is 2.16. The largest absolute Gasteiger partial charge is 0.409 e. The van der Waals surface area contributed by atoms with Gasteiger partial charge in [-0.1, -0.05) is 11.2 Å². The Hall–Kier alpha value is -1.27. The second-order valence-electron chi connectivity index (χ2n) is 3.74. The summed E-state index contributed by atoms with van der Waals surface area (Å²) in [7, 11) is 1.94. The second kappa shape index (κ2) is 7.23. The lowest BCUT2D eigenvalue weighted by Crippen LogP contribution is -2.26. The molecule has 0 bridgehead atoms. The van der Waals surface area contributed by atoms with Crippen LogP contribution in [-0.4, -0.2) is 37.8 Å². The van der Waals surface area contributed by atoms with Crippen LogP contribution in [0.2, 0.25) is 0 Å².